The number of rotatable bonds is 46. The number of hydrogen-bond acceptors (Lipinski definition) is 6. The Hall–Kier alpha value is -4.97. The highest BCUT2D eigenvalue weighted by molar-refractivity contribution is 5.71. The normalized spacial score (nSPS) is 13.4. The Balaban J connectivity index is 4.69. The monoisotopic (exact) mass is 949 g/mol. The number of hydrogen-bond donors (Lipinski definition) is 0. The first kappa shape index (κ1) is 64.0. The number of esters is 3. The molecule has 0 aromatic rings. The zero-order chi connectivity index (χ0) is 50.0. The van der Waals surface area contributed by atoms with E-state index in [1.165, 1.54) is 51.4 Å². The van der Waals surface area contributed by atoms with Gasteiger partial charge in [-0.1, -0.05) is 204 Å². The van der Waals surface area contributed by atoms with Crippen molar-refractivity contribution in [3.05, 3.63) is 158 Å². The maximum atomic E-state index is 12.8. The van der Waals surface area contributed by atoms with Gasteiger partial charge >= 0.3 is 17.9 Å². The van der Waals surface area contributed by atoms with Crippen molar-refractivity contribution >= 4 is 17.9 Å². The Morgan fingerprint density at radius 1 is 0.304 bits per heavy atom. The van der Waals surface area contributed by atoms with Crippen LogP contribution in [-0.4, -0.2) is 37.2 Å². The molecule has 0 aliphatic rings. The van der Waals surface area contributed by atoms with Gasteiger partial charge in [0.15, 0.2) is 6.10 Å². The lowest BCUT2D eigenvalue weighted by atomic mass is 10.1. The van der Waals surface area contributed by atoms with Crippen LogP contribution >= 0.6 is 0 Å². The molecule has 6 heteroatoms. The molecule has 0 bridgehead atoms. The van der Waals surface area contributed by atoms with Crippen LogP contribution in [0.25, 0.3) is 0 Å². The van der Waals surface area contributed by atoms with E-state index in [1.54, 1.807) is 0 Å². The smallest absolute Gasteiger partial charge is 0.306 e. The maximum Gasteiger partial charge on any atom is 0.306 e. The summed E-state index contributed by atoms with van der Waals surface area (Å²) in [7, 11) is 0. The summed E-state index contributed by atoms with van der Waals surface area (Å²) in [5.74, 6) is -1.14. The van der Waals surface area contributed by atoms with Gasteiger partial charge in [-0.2, -0.15) is 0 Å². The fraction of sp³-hybridized carbons (Fsp3) is 0.540. The highest BCUT2D eigenvalue weighted by Crippen LogP contribution is 2.09. The van der Waals surface area contributed by atoms with Crippen molar-refractivity contribution in [2.45, 2.75) is 207 Å². The summed E-state index contributed by atoms with van der Waals surface area (Å²) < 4.78 is 16.7. The Morgan fingerprint density at radius 2 is 0.594 bits per heavy atom. The molecule has 0 amide bonds. The van der Waals surface area contributed by atoms with Gasteiger partial charge in [-0.25, -0.2) is 0 Å². The molecule has 0 saturated carbocycles. The van der Waals surface area contributed by atoms with E-state index < -0.39 is 12.1 Å². The van der Waals surface area contributed by atoms with Crippen molar-refractivity contribution in [3.63, 3.8) is 0 Å². The molecule has 0 aromatic carbocycles. The molecule has 0 rings (SSSR count). The molecule has 0 N–H and O–H groups in total. The van der Waals surface area contributed by atoms with E-state index in [2.05, 4.69) is 167 Å². The van der Waals surface area contributed by atoms with Crippen molar-refractivity contribution in [2.24, 2.45) is 0 Å². The lowest BCUT2D eigenvalue weighted by molar-refractivity contribution is -0.166. The minimum atomic E-state index is -0.864. The quantitative estimate of drug-likeness (QED) is 0.0262. The van der Waals surface area contributed by atoms with Crippen molar-refractivity contribution in [1.82, 2.24) is 0 Å². The molecule has 6 nitrogen and oxygen atoms in total. The molecule has 0 aromatic heterocycles. The highest BCUT2D eigenvalue weighted by Gasteiger charge is 2.19. The first-order chi connectivity index (χ1) is 34.0. The molecule has 0 aliphatic heterocycles. The SMILES string of the molecule is CC/C=C\C/C=C\C/C=C\C/C=C\C/C=C\CCCC(=O)OC[C@H](COC(=O)CCCC/C=C\C/C=C\C/C=C\CCCCC)OC(=O)CC/C=C\C/C=C\C/C=C\C/C=C\C/C=C\CCCCC. The second-order valence-corrected chi connectivity index (χ2v) is 17.0. The largest absolute Gasteiger partial charge is 0.462 e. The Kier molecular flexibility index (Phi) is 51.6. The average molecular weight is 949 g/mol. The molecule has 0 heterocycles. The van der Waals surface area contributed by atoms with Crippen LogP contribution in [0.15, 0.2) is 158 Å². The lowest BCUT2D eigenvalue weighted by Crippen LogP contribution is -2.30. The van der Waals surface area contributed by atoms with E-state index in [4.69, 9.17) is 14.2 Å². The third kappa shape index (κ3) is 53.8. The van der Waals surface area contributed by atoms with Crippen LogP contribution in [0.4, 0.5) is 0 Å². The number of ether oxygens (including phenoxy) is 3. The van der Waals surface area contributed by atoms with Crippen molar-refractivity contribution < 1.29 is 28.6 Å². The minimum Gasteiger partial charge on any atom is -0.462 e. The van der Waals surface area contributed by atoms with Crippen LogP contribution in [0, 0.1) is 0 Å². The van der Waals surface area contributed by atoms with Gasteiger partial charge in [0.05, 0.1) is 0 Å². The van der Waals surface area contributed by atoms with Crippen LogP contribution in [-0.2, 0) is 28.6 Å². The topological polar surface area (TPSA) is 78.9 Å². The van der Waals surface area contributed by atoms with E-state index >= 15 is 0 Å². The second-order valence-electron chi connectivity index (χ2n) is 17.0. The molecule has 0 aliphatic carbocycles. The summed E-state index contributed by atoms with van der Waals surface area (Å²) in [5.41, 5.74) is 0. The second kappa shape index (κ2) is 55.6. The molecule has 69 heavy (non-hydrogen) atoms. The fourth-order valence-electron chi connectivity index (χ4n) is 6.46. The molecule has 0 saturated heterocycles. The van der Waals surface area contributed by atoms with E-state index in [0.29, 0.717) is 19.3 Å². The minimum absolute atomic E-state index is 0.153. The first-order valence-corrected chi connectivity index (χ1v) is 27.0. The zero-order valence-corrected chi connectivity index (χ0v) is 43.8. The van der Waals surface area contributed by atoms with Gasteiger partial charge < -0.3 is 14.2 Å². The molecular weight excluding hydrogens is 853 g/mol. The van der Waals surface area contributed by atoms with Crippen molar-refractivity contribution in [1.29, 1.82) is 0 Å². The highest BCUT2D eigenvalue weighted by atomic mass is 16.6. The standard InChI is InChI=1S/C63H96O6/c1-4-7-10-13-16-19-22-25-28-30-31-33-36-39-42-45-48-51-54-57-63(66)69-60(58-67-61(64)55-52-49-46-43-40-37-34-27-24-21-18-15-12-9-6-3)59-68-62(65)56-53-50-47-44-41-38-35-32-29-26-23-20-17-14-11-8-5-2/h8,11,16-21,25-29,31,33-35,38-40,42-44,47-48,51,60H,4-7,9-10,12-15,22-24,30,32,36-37,41,45-46,49-50,52-59H2,1-3H3/b11-8-,19-16-,20-17-,21-18-,28-25-,29-26-,33-31-,34-27-,38-35-,42-39-,43-40-,47-44-,51-48-/t60-/m0/s1. The van der Waals surface area contributed by atoms with Gasteiger partial charge in [-0.3, -0.25) is 14.4 Å². The van der Waals surface area contributed by atoms with Gasteiger partial charge in [-0.15, -0.1) is 0 Å². The van der Waals surface area contributed by atoms with Crippen LogP contribution in [0.2, 0.25) is 0 Å². The van der Waals surface area contributed by atoms with Crippen LogP contribution in [0.3, 0.4) is 0 Å². The average Bonchev–Trinajstić information content (AvgIpc) is 3.35. The predicted molar refractivity (Wildman–Crippen MR) is 297 cm³/mol. The number of carbonyl (C=O) groups is 3. The summed E-state index contributed by atoms with van der Waals surface area (Å²) >= 11 is 0. The van der Waals surface area contributed by atoms with Crippen LogP contribution < -0.4 is 0 Å². The number of unbranched alkanes of at least 4 members (excludes halogenated alkanes) is 9. The Labute approximate surface area is 422 Å². The van der Waals surface area contributed by atoms with E-state index in [0.717, 1.165) is 89.9 Å². The van der Waals surface area contributed by atoms with Crippen LogP contribution in [0.5, 0.6) is 0 Å². The van der Waals surface area contributed by atoms with Crippen LogP contribution in [0.1, 0.15) is 201 Å². The molecular formula is C63H96O6. The number of allylic oxidation sites excluding steroid dienone is 26. The third-order valence-electron chi connectivity index (χ3n) is 10.5. The van der Waals surface area contributed by atoms with Gasteiger partial charge in [-0.05, 0) is 135 Å². The maximum absolute atomic E-state index is 12.8. The lowest BCUT2D eigenvalue weighted by Gasteiger charge is -2.18. The summed E-state index contributed by atoms with van der Waals surface area (Å²) in [5, 5.41) is 0. The molecule has 384 valence electrons. The first-order valence-electron chi connectivity index (χ1n) is 27.0. The van der Waals surface area contributed by atoms with Gasteiger partial charge in [0.25, 0.3) is 0 Å². The van der Waals surface area contributed by atoms with Gasteiger partial charge in [0, 0.05) is 19.3 Å². The van der Waals surface area contributed by atoms with E-state index in [9.17, 15) is 14.4 Å². The number of carbonyl (C=O) groups excluding carboxylic acids is 3. The van der Waals surface area contributed by atoms with Crippen molar-refractivity contribution in [3.8, 4) is 0 Å². The molecule has 0 spiro atoms. The summed E-state index contributed by atoms with van der Waals surface area (Å²) in [6.45, 7) is 6.29. The van der Waals surface area contributed by atoms with E-state index in [1.807, 2.05) is 12.2 Å². The predicted octanol–water partition coefficient (Wildman–Crippen LogP) is 18.2. The van der Waals surface area contributed by atoms with Crippen molar-refractivity contribution in [2.75, 3.05) is 13.2 Å². The van der Waals surface area contributed by atoms with Gasteiger partial charge in [0.1, 0.15) is 13.2 Å². The molecule has 0 radical (unpaired) electrons. The Morgan fingerprint density at radius 3 is 0.942 bits per heavy atom. The third-order valence-corrected chi connectivity index (χ3v) is 10.5. The van der Waals surface area contributed by atoms with Gasteiger partial charge in [0.2, 0.25) is 0 Å². The molecule has 0 fully saturated rings. The Bertz CT molecular complexity index is 1610. The molecule has 1 atom stereocenters. The zero-order valence-electron chi connectivity index (χ0n) is 43.8. The fourth-order valence-corrected chi connectivity index (χ4v) is 6.46. The van der Waals surface area contributed by atoms with E-state index in [-0.39, 0.29) is 44.4 Å². The summed E-state index contributed by atoms with van der Waals surface area (Å²) in [6, 6.07) is 0. The summed E-state index contributed by atoms with van der Waals surface area (Å²) in [6.07, 6.45) is 81.0. The molecule has 0 unspecified atom stereocenters. The summed E-state index contributed by atoms with van der Waals surface area (Å²) in [4.78, 5) is 38.0.